The van der Waals surface area contributed by atoms with E-state index in [9.17, 15) is 4.79 Å². The largest absolute Gasteiger partial charge is 0.459 e. The lowest BCUT2D eigenvalue weighted by molar-refractivity contribution is -0.151. The Morgan fingerprint density at radius 1 is 1.35 bits per heavy atom. The zero-order valence-corrected chi connectivity index (χ0v) is 12.7. The second-order valence-corrected chi connectivity index (χ2v) is 6.70. The van der Waals surface area contributed by atoms with Crippen molar-refractivity contribution >= 4 is 17.7 Å². The van der Waals surface area contributed by atoms with Crippen LogP contribution < -0.4 is 5.32 Å². The van der Waals surface area contributed by atoms with E-state index < -0.39 is 0 Å². The van der Waals surface area contributed by atoms with E-state index in [1.54, 1.807) is 11.8 Å². The van der Waals surface area contributed by atoms with Gasteiger partial charge in [0.1, 0.15) is 5.60 Å². The van der Waals surface area contributed by atoms with Gasteiger partial charge in [0.05, 0.1) is 5.75 Å². The Hall–Kier alpha value is -0.220. The zero-order valence-electron chi connectivity index (χ0n) is 11.8. The highest BCUT2D eigenvalue weighted by atomic mass is 32.2. The Kier molecular flexibility index (Phi) is 8.70. The molecule has 0 saturated carbocycles. The third-order valence-corrected chi connectivity index (χ3v) is 2.85. The van der Waals surface area contributed by atoms with Crippen molar-refractivity contribution < 1.29 is 9.53 Å². The maximum absolute atomic E-state index is 11.4. The summed E-state index contributed by atoms with van der Waals surface area (Å²) >= 11 is 1.65. The number of hydrogen-bond donors (Lipinski definition) is 1. The molecule has 0 aliphatic rings. The molecule has 0 heterocycles. The number of rotatable bonds is 8. The topological polar surface area (TPSA) is 38.3 Å². The lowest BCUT2D eigenvalue weighted by Crippen LogP contribution is -2.25. The summed E-state index contributed by atoms with van der Waals surface area (Å²) < 4.78 is 5.22. The minimum Gasteiger partial charge on any atom is -0.459 e. The smallest absolute Gasteiger partial charge is 0.316 e. The van der Waals surface area contributed by atoms with Crippen LogP contribution in [-0.2, 0) is 9.53 Å². The van der Waals surface area contributed by atoms with E-state index in [-0.39, 0.29) is 11.6 Å². The molecule has 0 amide bonds. The van der Waals surface area contributed by atoms with Gasteiger partial charge in [0.2, 0.25) is 0 Å². The van der Waals surface area contributed by atoms with Gasteiger partial charge in [-0.05, 0) is 52.0 Å². The predicted molar refractivity (Wildman–Crippen MR) is 75.5 cm³/mol. The third kappa shape index (κ3) is 13.7. The second-order valence-electron chi connectivity index (χ2n) is 5.59. The molecule has 0 aromatic heterocycles. The van der Waals surface area contributed by atoms with Gasteiger partial charge in [0, 0.05) is 0 Å². The van der Waals surface area contributed by atoms with Crippen LogP contribution in [0.4, 0.5) is 0 Å². The fourth-order valence-corrected chi connectivity index (χ4v) is 1.93. The summed E-state index contributed by atoms with van der Waals surface area (Å²) in [5.41, 5.74) is -0.365. The van der Waals surface area contributed by atoms with Crippen LogP contribution in [0, 0.1) is 5.92 Å². The average Bonchev–Trinajstić information content (AvgIpc) is 2.12. The molecule has 102 valence electrons. The molecule has 3 nitrogen and oxygen atoms in total. The van der Waals surface area contributed by atoms with Crippen LogP contribution in [-0.4, -0.2) is 36.2 Å². The molecule has 4 heteroatoms. The van der Waals surface area contributed by atoms with E-state index in [1.165, 1.54) is 0 Å². The van der Waals surface area contributed by atoms with Crippen LogP contribution in [0.3, 0.4) is 0 Å². The van der Waals surface area contributed by atoms with Crippen molar-refractivity contribution in [3.8, 4) is 0 Å². The van der Waals surface area contributed by atoms with E-state index in [1.807, 2.05) is 20.8 Å². The maximum Gasteiger partial charge on any atom is 0.316 e. The van der Waals surface area contributed by atoms with Crippen molar-refractivity contribution in [2.75, 3.05) is 24.6 Å². The molecule has 0 aliphatic heterocycles. The first-order chi connectivity index (χ1) is 7.81. The molecule has 0 bridgehead atoms. The molecule has 0 spiro atoms. The van der Waals surface area contributed by atoms with E-state index in [0.717, 1.165) is 25.3 Å². The number of carbonyl (C=O) groups excluding carboxylic acids is 1. The van der Waals surface area contributed by atoms with Crippen molar-refractivity contribution in [1.29, 1.82) is 0 Å². The molecule has 1 N–H and O–H groups in total. The fraction of sp³-hybridized carbons (Fsp3) is 0.923. The molecule has 0 rings (SSSR count). The molecule has 0 aromatic rings. The molecule has 17 heavy (non-hydrogen) atoms. The number of carbonyl (C=O) groups is 1. The van der Waals surface area contributed by atoms with Crippen LogP contribution in [0.25, 0.3) is 0 Å². The molecule has 0 radical (unpaired) electrons. The van der Waals surface area contributed by atoms with Gasteiger partial charge in [0.15, 0.2) is 0 Å². The minimum absolute atomic E-state index is 0.113. The molecule has 0 unspecified atom stereocenters. The molecular weight excluding hydrogens is 234 g/mol. The molecule has 0 aromatic carbocycles. The van der Waals surface area contributed by atoms with Crippen molar-refractivity contribution in [1.82, 2.24) is 5.32 Å². The molecule has 0 aliphatic carbocycles. The summed E-state index contributed by atoms with van der Waals surface area (Å²) in [5.74, 6) is 2.05. The van der Waals surface area contributed by atoms with Crippen molar-refractivity contribution in [2.45, 2.75) is 46.6 Å². The number of nitrogens with one attached hydrogen (secondary N) is 1. The van der Waals surface area contributed by atoms with E-state index in [2.05, 4.69) is 19.2 Å². The van der Waals surface area contributed by atoms with E-state index in [0.29, 0.717) is 11.7 Å². The van der Waals surface area contributed by atoms with Gasteiger partial charge in [-0.2, -0.15) is 11.8 Å². The monoisotopic (exact) mass is 261 g/mol. The predicted octanol–water partition coefficient (Wildman–Crippen LogP) is 2.70. The molecule has 0 saturated heterocycles. The van der Waals surface area contributed by atoms with Gasteiger partial charge in [-0.1, -0.05) is 13.8 Å². The number of hydrogen-bond acceptors (Lipinski definition) is 4. The summed E-state index contributed by atoms with van der Waals surface area (Å²) in [6, 6.07) is 0. The standard InChI is InChI=1S/C13H27NO2S/c1-11(2)9-14-7-6-8-17-10-12(15)16-13(3,4)5/h11,14H,6-10H2,1-5H3. The Morgan fingerprint density at radius 2 is 2.00 bits per heavy atom. The first kappa shape index (κ1) is 16.8. The lowest BCUT2D eigenvalue weighted by Gasteiger charge is -2.19. The van der Waals surface area contributed by atoms with Gasteiger partial charge in [-0.15, -0.1) is 0 Å². The summed E-state index contributed by atoms with van der Waals surface area (Å²) in [6.45, 7) is 12.2. The van der Waals surface area contributed by atoms with Gasteiger partial charge in [-0.25, -0.2) is 0 Å². The molecule has 0 fully saturated rings. The first-order valence-corrected chi connectivity index (χ1v) is 7.47. The van der Waals surface area contributed by atoms with Crippen LogP contribution >= 0.6 is 11.8 Å². The summed E-state index contributed by atoms with van der Waals surface area (Å²) in [4.78, 5) is 11.4. The molecule has 0 atom stereocenters. The number of esters is 1. The van der Waals surface area contributed by atoms with Gasteiger partial charge in [0.25, 0.3) is 0 Å². The van der Waals surface area contributed by atoms with Gasteiger partial charge in [-0.3, -0.25) is 4.79 Å². The molecular formula is C13H27NO2S. The highest BCUT2D eigenvalue weighted by Gasteiger charge is 2.15. The number of ether oxygens (including phenoxy) is 1. The first-order valence-electron chi connectivity index (χ1n) is 6.31. The highest BCUT2D eigenvalue weighted by molar-refractivity contribution is 7.99. The van der Waals surface area contributed by atoms with Gasteiger partial charge >= 0.3 is 5.97 Å². The SMILES string of the molecule is CC(C)CNCCCSCC(=O)OC(C)(C)C. The van der Waals surface area contributed by atoms with Crippen LogP contribution in [0.1, 0.15) is 41.0 Å². The van der Waals surface area contributed by atoms with Gasteiger partial charge < -0.3 is 10.1 Å². The maximum atomic E-state index is 11.4. The van der Waals surface area contributed by atoms with Crippen LogP contribution in [0.15, 0.2) is 0 Å². The quantitative estimate of drug-likeness (QED) is 0.538. The lowest BCUT2D eigenvalue weighted by atomic mass is 10.2. The van der Waals surface area contributed by atoms with Crippen LogP contribution in [0.2, 0.25) is 0 Å². The third-order valence-electron chi connectivity index (χ3n) is 1.83. The summed E-state index contributed by atoms with van der Waals surface area (Å²) in [6.07, 6.45) is 1.10. The Balaban J connectivity index is 3.31. The average molecular weight is 261 g/mol. The fourth-order valence-electron chi connectivity index (χ4n) is 1.22. The van der Waals surface area contributed by atoms with E-state index in [4.69, 9.17) is 4.74 Å². The van der Waals surface area contributed by atoms with Crippen molar-refractivity contribution in [2.24, 2.45) is 5.92 Å². The Labute approximate surface area is 110 Å². The number of thioether (sulfide) groups is 1. The Bertz CT molecular complexity index is 212. The normalized spacial score (nSPS) is 11.9. The summed E-state index contributed by atoms with van der Waals surface area (Å²) in [7, 11) is 0. The van der Waals surface area contributed by atoms with Crippen LogP contribution in [0.5, 0.6) is 0 Å². The van der Waals surface area contributed by atoms with Crippen molar-refractivity contribution in [3.63, 3.8) is 0 Å². The van der Waals surface area contributed by atoms with E-state index >= 15 is 0 Å². The summed E-state index contributed by atoms with van der Waals surface area (Å²) in [5, 5.41) is 3.38. The Morgan fingerprint density at radius 3 is 2.53 bits per heavy atom. The second kappa shape index (κ2) is 8.81. The highest BCUT2D eigenvalue weighted by Crippen LogP contribution is 2.10. The minimum atomic E-state index is -0.365. The zero-order chi connectivity index (χ0) is 13.3. The van der Waals surface area contributed by atoms with Crippen molar-refractivity contribution in [3.05, 3.63) is 0 Å².